The molecule has 12 rings (SSSR count). The number of carbonyl (C=O) groups excluding carboxylic acids is 2. The van der Waals surface area contributed by atoms with Crippen LogP contribution < -0.4 is 41.3 Å². The van der Waals surface area contributed by atoms with Crippen molar-refractivity contribution in [3.05, 3.63) is 111 Å². The summed E-state index contributed by atoms with van der Waals surface area (Å²) in [7, 11) is 2.70. The number of thiazole rings is 1. The van der Waals surface area contributed by atoms with Crippen molar-refractivity contribution in [1.29, 1.82) is 0 Å². The van der Waals surface area contributed by atoms with Gasteiger partial charge in [0, 0.05) is 74.1 Å². The number of nitrogens with two attached hydrogens (primary N) is 2. The van der Waals surface area contributed by atoms with Gasteiger partial charge in [0.2, 0.25) is 11.8 Å². The largest absolute Gasteiger partial charge is 0.489 e. The van der Waals surface area contributed by atoms with Crippen LogP contribution in [-0.4, -0.2) is 129 Å². The maximum absolute atomic E-state index is 16.1. The number of benzene rings is 4. The van der Waals surface area contributed by atoms with Crippen LogP contribution in [0.5, 0.6) is 17.5 Å². The monoisotopic (exact) mass is 1140 g/mol. The molecule has 5 atom stereocenters. The molecule has 1 saturated carbocycles. The standard InChI is InChI=1S/C58H64ClFN12O6S.CH4O/c1-30(2)50(56(74)70-18-6-7-43(70)55(73)64-21-33-8-14-36(15-9-33)53-32(4)65-29-79-53)71(62)24-40(61)35-12-10-34(11-13-35)25-76-52-46(45-31(3)39(60)20-41-38(45)23-66-69-41)48(59)51-47-49(52)67-57(78-28-58(16-17-58)27-75-5)68-54(47)72-37-19-42(63-22-37)44(72)26-77-51;1-2/h8-15,20,23-24,29-30,37,42-44,50,63H,6-7,16-19,21-22,25-28,61-62H2,1-5H3,(H,64,73)(H,66,69);2H,1H3/b40-24-;. The van der Waals surface area contributed by atoms with Crippen molar-refractivity contribution in [2.75, 3.05) is 52.0 Å². The Kier molecular flexibility index (Phi) is 15.8. The van der Waals surface area contributed by atoms with Crippen molar-refractivity contribution >= 4 is 68.1 Å². The Balaban J connectivity index is 0.00000341. The van der Waals surface area contributed by atoms with E-state index in [1.165, 1.54) is 11.1 Å². The van der Waals surface area contributed by atoms with Gasteiger partial charge in [0.05, 0.1) is 63.2 Å². The van der Waals surface area contributed by atoms with Crippen molar-refractivity contribution in [3.8, 4) is 39.1 Å². The highest BCUT2D eigenvalue weighted by Gasteiger charge is 2.50. The Morgan fingerprint density at radius 1 is 1.07 bits per heavy atom. The van der Waals surface area contributed by atoms with Crippen LogP contribution in [0.2, 0.25) is 5.02 Å². The highest BCUT2D eigenvalue weighted by molar-refractivity contribution is 7.13. The number of aliphatic hydroxyl groups excluding tert-OH is 1. The smallest absolute Gasteiger partial charge is 0.319 e. The van der Waals surface area contributed by atoms with E-state index in [0.717, 1.165) is 60.2 Å². The molecule has 3 aromatic heterocycles. The molecule has 7 aromatic rings. The van der Waals surface area contributed by atoms with E-state index in [9.17, 15) is 9.59 Å². The lowest BCUT2D eigenvalue weighted by Gasteiger charge is -2.35. The van der Waals surface area contributed by atoms with E-state index in [2.05, 4.69) is 30.7 Å². The lowest BCUT2D eigenvalue weighted by Crippen LogP contribution is -2.55. The van der Waals surface area contributed by atoms with Gasteiger partial charge in [-0.2, -0.15) is 15.1 Å². The lowest BCUT2D eigenvalue weighted by atomic mass is 9.93. The molecular weight excluding hydrogens is 1080 g/mol. The quantitative estimate of drug-likeness (QED) is 0.0355. The minimum absolute atomic E-state index is 0.0376. The van der Waals surface area contributed by atoms with Crippen LogP contribution >= 0.6 is 22.9 Å². The summed E-state index contributed by atoms with van der Waals surface area (Å²) >= 11 is 9.22. The van der Waals surface area contributed by atoms with E-state index in [-0.39, 0.29) is 58.9 Å². The molecule has 4 fully saturated rings. The predicted octanol–water partition coefficient (Wildman–Crippen LogP) is 7.78. The number of nitrogens with one attached hydrogen (secondary N) is 3. The molecule has 7 heterocycles. The molecule has 5 aliphatic rings. The van der Waals surface area contributed by atoms with Crippen LogP contribution in [0.4, 0.5) is 10.2 Å². The minimum Gasteiger partial charge on any atom is -0.489 e. The summed E-state index contributed by atoms with van der Waals surface area (Å²) in [5.74, 6) is 6.94. The number of hydrogen-bond acceptors (Lipinski definition) is 17. The van der Waals surface area contributed by atoms with Gasteiger partial charge in [0.1, 0.15) is 42.4 Å². The van der Waals surface area contributed by atoms with Crippen molar-refractivity contribution in [3.63, 3.8) is 0 Å². The number of anilines is 1. The van der Waals surface area contributed by atoms with Crippen LogP contribution in [0.15, 0.2) is 72.5 Å². The number of likely N-dealkylation sites (tertiary alicyclic amines) is 1. The van der Waals surface area contributed by atoms with E-state index >= 15 is 4.39 Å². The van der Waals surface area contributed by atoms with Gasteiger partial charge >= 0.3 is 6.01 Å². The van der Waals surface area contributed by atoms with Crippen molar-refractivity contribution in [2.24, 2.45) is 22.9 Å². The molecule has 22 heteroatoms. The second-order valence-corrected chi connectivity index (χ2v) is 23.3. The fourth-order valence-electron chi connectivity index (χ4n) is 12.1. The Hall–Kier alpha value is -7.14. The molecule has 5 unspecified atom stereocenters. The van der Waals surface area contributed by atoms with Gasteiger partial charge in [-0.15, -0.1) is 11.3 Å². The zero-order valence-electron chi connectivity index (χ0n) is 46.2. The number of fused-ring (bicyclic) bond motifs is 7. The SMILES string of the molecule is CO.COCC1(COc2nc3c4c(c(Cl)c(-c5c(C)c(F)cc6[nH]ncc56)c(OCc5ccc(/C(N)=C/N(N)C(C(=O)N6CCCC6C(=O)NCc6ccc(-c7scnc7C)cc6)C(C)C)cc5)c4n2)OCC2C4CC(CN4)N32)CC1. The van der Waals surface area contributed by atoms with E-state index in [1.807, 2.05) is 74.8 Å². The summed E-state index contributed by atoms with van der Waals surface area (Å²) in [4.78, 5) is 47.8. The number of carbonyl (C=O) groups is 2. The van der Waals surface area contributed by atoms with Crippen LogP contribution in [0.25, 0.3) is 49.1 Å². The number of hydrogen-bond donors (Lipinski definition) is 6. The number of hydrazine groups is 1. The second-order valence-electron chi connectivity index (χ2n) is 22.1. The number of aryl methyl sites for hydroxylation is 1. The molecule has 0 spiro atoms. The Morgan fingerprint density at radius 2 is 1.84 bits per heavy atom. The maximum Gasteiger partial charge on any atom is 0.319 e. The molecule has 8 N–H and O–H groups in total. The van der Waals surface area contributed by atoms with Crippen molar-refractivity contribution < 1.29 is 38.0 Å². The summed E-state index contributed by atoms with van der Waals surface area (Å²) in [5, 5.41) is 23.7. The number of aliphatic hydroxyl groups is 1. The molecule has 2 amide bonds. The molecule has 0 radical (unpaired) electrons. The normalized spacial score (nSPS) is 20.0. The van der Waals surface area contributed by atoms with Gasteiger partial charge in [-0.1, -0.05) is 74.0 Å². The Morgan fingerprint density at radius 3 is 2.56 bits per heavy atom. The first kappa shape index (κ1) is 55.8. The zero-order chi connectivity index (χ0) is 56.9. The highest BCUT2D eigenvalue weighted by atomic mass is 35.5. The number of piperazine rings is 1. The molecule has 3 saturated heterocycles. The van der Waals surface area contributed by atoms with Gasteiger partial charge in [-0.3, -0.25) is 14.7 Å². The van der Waals surface area contributed by atoms with E-state index in [4.69, 9.17) is 57.2 Å². The fourth-order valence-corrected chi connectivity index (χ4v) is 13.2. The van der Waals surface area contributed by atoms with Crippen molar-refractivity contribution in [1.82, 2.24) is 45.7 Å². The van der Waals surface area contributed by atoms with E-state index in [1.54, 1.807) is 42.7 Å². The van der Waals surface area contributed by atoms with Gasteiger partial charge in [-0.25, -0.2) is 15.2 Å². The van der Waals surface area contributed by atoms with Gasteiger partial charge in [-0.05, 0) is 85.8 Å². The van der Waals surface area contributed by atoms with Gasteiger partial charge in [0.25, 0.3) is 0 Å². The molecule has 426 valence electrons. The minimum atomic E-state index is -0.803. The first-order valence-corrected chi connectivity index (χ1v) is 28.7. The second kappa shape index (κ2) is 23.0. The maximum atomic E-state index is 16.1. The molecule has 19 nitrogen and oxygen atoms in total. The van der Waals surface area contributed by atoms with E-state index in [0.29, 0.717) is 113 Å². The number of aromatic amines is 1. The molecule has 2 bridgehead atoms. The number of rotatable bonds is 18. The summed E-state index contributed by atoms with van der Waals surface area (Å²) in [6.45, 7) is 10.4. The molecule has 81 heavy (non-hydrogen) atoms. The average molecular weight is 1140 g/mol. The summed E-state index contributed by atoms with van der Waals surface area (Å²) in [6, 6.07) is 16.0. The Labute approximate surface area is 478 Å². The van der Waals surface area contributed by atoms with Crippen LogP contribution in [-0.2, 0) is 27.5 Å². The van der Waals surface area contributed by atoms with Crippen molar-refractivity contribution in [2.45, 2.75) is 103 Å². The third kappa shape index (κ3) is 10.6. The highest BCUT2D eigenvalue weighted by Crippen LogP contribution is 2.56. The lowest BCUT2D eigenvalue weighted by molar-refractivity contribution is -0.143. The number of amides is 2. The summed E-state index contributed by atoms with van der Waals surface area (Å²) < 4.78 is 41.9. The van der Waals surface area contributed by atoms with Gasteiger partial charge < -0.3 is 55.2 Å². The van der Waals surface area contributed by atoms with Crippen LogP contribution in [0.1, 0.15) is 73.9 Å². The first-order valence-electron chi connectivity index (χ1n) is 27.4. The topological polar surface area (TPSA) is 244 Å². The van der Waals surface area contributed by atoms with Gasteiger partial charge in [0.15, 0.2) is 11.5 Å². The number of H-pyrrole nitrogens is 1. The molecule has 1 aliphatic carbocycles. The summed E-state index contributed by atoms with van der Waals surface area (Å²) in [5.41, 5.74) is 15.4. The average Bonchev–Trinajstić information content (AvgIpc) is 3.67. The number of nitrogens with zero attached hydrogens (tertiary/aromatic N) is 7. The first-order chi connectivity index (χ1) is 39.2. The van der Waals surface area contributed by atoms with Crippen LogP contribution in [0.3, 0.4) is 0 Å². The molecule has 4 aliphatic heterocycles. The Bertz CT molecular complexity index is 3520. The zero-order valence-corrected chi connectivity index (χ0v) is 47.8. The fraction of sp³-hybridized carbons (Fsp3) is 0.424. The third-order valence-electron chi connectivity index (χ3n) is 16.5. The molecule has 4 aromatic carbocycles. The van der Waals surface area contributed by atoms with E-state index < -0.39 is 17.9 Å². The van der Waals surface area contributed by atoms with Crippen LogP contribution in [0, 0.1) is 31.0 Å². The molecular formula is C59H68ClFN12O7S. The number of methoxy groups -OCH3 is 1. The number of ether oxygens (including phenoxy) is 4. The number of aromatic nitrogens is 5. The number of halogens is 2. The third-order valence-corrected chi connectivity index (χ3v) is 17.8. The summed E-state index contributed by atoms with van der Waals surface area (Å²) in [6.07, 6.45) is 7.32. The predicted molar refractivity (Wildman–Crippen MR) is 310 cm³/mol.